The predicted octanol–water partition coefficient (Wildman–Crippen LogP) is 19.0. The molecule has 0 aliphatic heterocycles. The van der Waals surface area contributed by atoms with Gasteiger partial charge in [-0.05, 0) is 152 Å². The fourth-order valence-corrected chi connectivity index (χ4v) is 11.6. The van der Waals surface area contributed by atoms with Crippen molar-refractivity contribution in [1.29, 1.82) is 0 Å². The molecule has 9 aromatic carbocycles. The first kappa shape index (κ1) is 48.2. The lowest BCUT2D eigenvalue weighted by Gasteiger charge is -2.20. The largest absolute Gasteiger partial charge is 0.458 e. The minimum Gasteiger partial charge on any atom is -0.458 e. The highest BCUT2D eigenvalue weighted by atomic mass is 16.5. The molecule has 0 saturated heterocycles. The second kappa shape index (κ2) is 17.7. The number of furan rings is 2. The van der Waals surface area contributed by atoms with Crippen molar-refractivity contribution >= 4 is 76.7 Å². The standard InChI is InChI=1S/C72H60N4O3/c1-70(2,3)46-26-32-66-58(38-46)56-36-44(24-30-64(56)78-66)52-19-15-20-53(45-25-31-65-57(37-45)59-39-47(71(4,5)6)27-33-67(59)79-65)69(52)75-43-74(61-22-12-13-23-62(61)75)49-16-14-17-50(41-49)77-51-28-29-55-54-18-10-11-21-60(54)76(63(55)42-51)68-40-48(34-35-73-68)72(7,8)9/h10-42H,1-9H3. The molecule has 5 heterocycles. The Hall–Kier alpha value is -9.20. The van der Waals surface area contributed by atoms with Gasteiger partial charge in [-0.1, -0.05) is 153 Å². The molecular weight excluding hydrogens is 969 g/mol. The average molecular weight is 1030 g/mol. The van der Waals surface area contributed by atoms with E-state index in [1.807, 2.05) is 12.3 Å². The van der Waals surface area contributed by atoms with Gasteiger partial charge in [-0.2, -0.15) is 0 Å². The fraction of sp³-hybridized carbons (Fsp3) is 0.167. The van der Waals surface area contributed by atoms with Crippen LogP contribution in [0.4, 0.5) is 0 Å². The molecule has 0 amide bonds. The molecule has 79 heavy (non-hydrogen) atoms. The van der Waals surface area contributed by atoms with Crippen molar-refractivity contribution in [3.05, 3.63) is 223 Å². The van der Waals surface area contributed by atoms with Crippen molar-refractivity contribution in [1.82, 2.24) is 14.1 Å². The van der Waals surface area contributed by atoms with E-state index >= 15 is 0 Å². The Morgan fingerprint density at radius 2 is 0.962 bits per heavy atom. The third-order valence-electron chi connectivity index (χ3n) is 15.9. The Labute approximate surface area is 459 Å². The number of nitrogens with zero attached hydrogens (tertiary/aromatic N) is 4. The maximum Gasteiger partial charge on any atom is 0.269 e. The van der Waals surface area contributed by atoms with Crippen LogP contribution in [-0.2, 0) is 16.2 Å². The number of hydrogen-bond donors (Lipinski definition) is 0. The second-order valence-electron chi connectivity index (χ2n) is 24.3. The highest BCUT2D eigenvalue weighted by Crippen LogP contribution is 2.42. The lowest BCUT2D eigenvalue weighted by Crippen LogP contribution is -2.31. The highest BCUT2D eigenvalue weighted by Gasteiger charge is 2.24. The van der Waals surface area contributed by atoms with Crippen molar-refractivity contribution in [2.75, 3.05) is 0 Å². The summed E-state index contributed by atoms with van der Waals surface area (Å²) in [6.07, 6.45) is 5.83. The Balaban J connectivity index is 0.928. The average Bonchev–Trinajstić information content (AvgIpc) is 4.43. The molecular formula is C72H60N4O3. The summed E-state index contributed by atoms with van der Waals surface area (Å²) in [6.45, 7) is 20.3. The molecule has 7 heteroatoms. The summed E-state index contributed by atoms with van der Waals surface area (Å²) in [5.41, 5.74) is 17.4. The molecule has 0 aliphatic rings. The van der Waals surface area contributed by atoms with Crippen LogP contribution < -0.4 is 9.30 Å². The summed E-state index contributed by atoms with van der Waals surface area (Å²) in [6, 6.07) is 69.1. The summed E-state index contributed by atoms with van der Waals surface area (Å²) >= 11 is 0. The summed E-state index contributed by atoms with van der Waals surface area (Å²) in [7, 11) is 0. The fourth-order valence-electron chi connectivity index (χ4n) is 11.6. The lowest BCUT2D eigenvalue weighted by molar-refractivity contribution is -0.571. The molecule has 5 aromatic heterocycles. The van der Waals surface area contributed by atoms with Crippen LogP contribution in [-0.4, -0.2) is 14.1 Å². The third-order valence-corrected chi connectivity index (χ3v) is 15.9. The van der Waals surface area contributed by atoms with Gasteiger partial charge in [-0.3, -0.25) is 13.7 Å². The minimum absolute atomic E-state index is 0.0207. The number of para-hydroxylation sites is 4. The molecule has 0 fully saturated rings. The highest BCUT2D eigenvalue weighted by molar-refractivity contribution is 6.10. The number of ether oxygens (including phenoxy) is 1. The Kier molecular flexibility index (Phi) is 10.8. The topological polar surface area (TPSA) is 62.1 Å². The van der Waals surface area contributed by atoms with E-state index in [-0.39, 0.29) is 16.2 Å². The Morgan fingerprint density at radius 1 is 0.430 bits per heavy atom. The van der Waals surface area contributed by atoms with Crippen LogP contribution in [0.1, 0.15) is 79.0 Å². The first-order chi connectivity index (χ1) is 38.0. The number of hydrogen-bond acceptors (Lipinski definition) is 4. The summed E-state index contributed by atoms with van der Waals surface area (Å²) < 4.78 is 26.5. The molecule has 14 aromatic rings. The molecule has 0 radical (unpaired) electrons. The van der Waals surface area contributed by atoms with Gasteiger partial charge in [-0.25, -0.2) is 4.98 Å². The van der Waals surface area contributed by atoms with Crippen LogP contribution in [0.2, 0.25) is 0 Å². The van der Waals surface area contributed by atoms with E-state index in [0.29, 0.717) is 5.75 Å². The quantitative estimate of drug-likeness (QED) is 0.118. The monoisotopic (exact) mass is 1030 g/mol. The van der Waals surface area contributed by atoms with Crippen molar-refractivity contribution in [2.24, 2.45) is 0 Å². The van der Waals surface area contributed by atoms with E-state index < -0.39 is 0 Å². The maximum atomic E-state index is 6.86. The van der Waals surface area contributed by atoms with Gasteiger partial charge >= 0.3 is 0 Å². The molecule has 0 unspecified atom stereocenters. The molecule has 0 spiro atoms. The molecule has 0 bridgehead atoms. The van der Waals surface area contributed by atoms with Crippen LogP contribution in [0.3, 0.4) is 0 Å². The summed E-state index contributed by atoms with van der Waals surface area (Å²) in [5.74, 6) is 2.31. The van der Waals surface area contributed by atoms with Crippen LogP contribution >= 0.6 is 0 Å². The molecule has 7 nitrogen and oxygen atoms in total. The third kappa shape index (κ3) is 8.17. The van der Waals surface area contributed by atoms with Gasteiger partial charge in [0.1, 0.15) is 39.6 Å². The van der Waals surface area contributed by atoms with Crippen LogP contribution in [0, 0.1) is 6.33 Å². The zero-order chi connectivity index (χ0) is 54.1. The van der Waals surface area contributed by atoms with Gasteiger partial charge in [0.2, 0.25) is 0 Å². The van der Waals surface area contributed by atoms with Crippen LogP contribution in [0.5, 0.6) is 11.5 Å². The SMILES string of the molecule is CC(C)(C)c1ccnc(-n2c3ccccc3c3ccc(Oc4cccc(-n5[c-][n+](-c6c(-c7ccc8oc9ccc(C(C)(C)C)cc9c8c7)cccc6-c6ccc7oc8ccc(C(C)(C)C)cc8c7c6)c6ccccc65)c4)cc32)c1. The summed E-state index contributed by atoms with van der Waals surface area (Å²) in [4.78, 5) is 4.92. The van der Waals surface area contributed by atoms with Crippen LogP contribution in [0.25, 0.3) is 116 Å². The lowest BCUT2D eigenvalue weighted by atomic mass is 9.86. The van der Waals surface area contributed by atoms with Crippen molar-refractivity contribution in [3.63, 3.8) is 0 Å². The smallest absolute Gasteiger partial charge is 0.269 e. The molecule has 0 aliphatic carbocycles. The number of benzene rings is 9. The molecule has 386 valence electrons. The van der Waals surface area contributed by atoms with Crippen molar-refractivity contribution in [2.45, 2.75) is 78.6 Å². The van der Waals surface area contributed by atoms with Crippen LogP contribution in [0.15, 0.2) is 209 Å². The van der Waals surface area contributed by atoms with Gasteiger partial charge in [0.25, 0.3) is 6.33 Å². The number of rotatable bonds is 7. The van der Waals surface area contributed by atoms with E-state index in [1.54, 1.807) is 0 Å². The van der Waals surface area contributed by atoms with E-state index in [4.69, 9.17) is 18.6 Å². The summed E-state index contributed by atoms with van der Waals surface area (Å²) in [5, 5.41) is 6.68. The van der Waals surface area contributed by atoms with Gasteiger partial charge in [-0.15, -0.1) is 0 Å². The number of fused-ring (bicyclic) bond motifs is 10. The number of aromatic nitrogens is 4. The van der Waals surface area contributed by atoms with Crippen molar-refractivity contribution < 1.29 is 18.1 Å². The van der Waals surface area contributed by atoms with Gasteiger partial charge in [0, 0.05) is 44.6 Å². The van der Waals surface area contributed by atoms with Gasteiger partial charge in [0.05, 0.1) is 33.4 Å². The Bertz CT molecular complexity index is 4620. The molecule has 0 saturated carbocycles. The maximum absolute atomic E-state index is 6.86. The zero-order valence-corrected chi connectivity index (χ0v) is 46.1. The van der Waals surface area contributed by atoms with E-state index in [2.05, 4.69) is 270 Å². The van der Waals surface area contributed by atoms with Gasteiger partial charge < -0.3 is 13.6 Å². The van der Waals surface area contributed by atoms with E-state index in [0.717, 1.165) is 122 Å². The Morgan fingerprint density at radius 3 is 1.59 bits per heavy atom. The zero-order valence-electron chi connectivity index (χ0n) is 46.1. The second-order valence-corrected chi connectivity index (χ2v) is 24.3. The minimum atomic E-state index is -0.0340. The first-order valence-corrected chi connectivity index (χ1v) is 27.3. The van der Waals surface area contributed by atoms with Gasteiger partial charge in [0.15, 0.2) is 0 Å². The molecule has 0 N–H and O–H groups in total. The number of pyridine rings is 1. The van der Waals surface area contributed by atoms with E-state index in [9.17, 15) is 0 Å². The predicted molar refractivity (Wildman–Crippen MR) is 324 cm³/mol. The normalized spacial score (nSPS) is 12.6. The van der Waals surface area contributed by atoms with Crippen molar-refractivity contribution in [3.8, 4) is 50.9 Å². The molecule has 14 rings (SSSR count). The van der Waals surface area contributed by atoms with E-state index in [1.165, 1.54) is 16.7 Å². The first-order valence-electron chi connectivity index (χ1n) is 27.3. The molecule has 0 atom stereocenters. The number of imidazole rings is 1.